The number of hydrogen-bond acceptors (Lipinski definition) is 5. The maximum Gasteiger partial charge on any atom is 0.225 e. The van der Waals surface area contributed by atoms with E-state index < -0.39 is 0 Å². The first-order valence-corrected chi connectivity index (χ1v) is 6.28. The predicted octanol–water partition coefficient (Wildman–Crippen LogP) is 2.23. The molecule has 17 heavy (non-hydrogen) atoms. The van der Waals surface area contributed by atoms with Crippen molar-refractivity contribution in [2.75, 3.05) is 11.9 Å². The Kier molecular flexibility index (Phi) is 3.71. The summed E-state index contributed by atoms with van der Waals surface area (Å²) in [5.41, 5.74) is 0.728. The Morgan fingerprint density at radius 1 is 1.41 bits per heavy atom. The van der Waals surface area contributed by atoms with E-state index in [2.05, 4.69) is 28.3 Å². The van der Waals surface area contributed by atoms with E-state index in [9.17, 15) is 0 Å². The van der Waals surface area contributed by atoms with Crippen molar-refractivity contribution in [2.45, 2.75) is 19.6 Å². The third kappa shape index (κ3) is 2.62. The van der Waals surface area contributed by atoms with Crippen LogP contribution in [0.25, 0.3) is 0 Å². The van der Waals surface area contributed by atoms with Crippen LogP contribution < -0.4 is 4.90 Å². The monoisotopic (exact) mass is 249 g/mol. The summed E-state index contributed by atoms with van der Waals surface area (Å²) in [6.45, 7) is 2.10. The Bertz CT molecular complexity index is 455. The Labute approximate surface area is 105 Å². The second-order valence-corrected chi connectivity index (χ2v) is 4.83. The standard InChI is InChI=1S/C12H15N3OS/c1-9(11-4-3-5-17-11)15(2)12-13-6-10(8-16)7-14-12/h3-7,9,16H,8H2,1-2H3. The van der Waals surface area contributed by atoms with Crippen molar-refractivity contribution in [1.29, 1.82) is 0 Å². The fraction of sp³-hybridized carbons (Fsp3) is 0.333. The van der Waals surface area contributed by atoms with Gasteiger partial charge in [0.15, 0.2) is 0 Å². The Hall–Kier alpha value is -1.46. The van der Waals surface area contributed by atoms with Crippen LogP contribution in [-0.2, 0) is 6.61 Å². The number of aliphatic hydroxyl groups is 1. The topological polar surface area (TPSA) is 49.2 Å². The first-order chi connectivity index (χ1) is 8.22. The second-order valence-electron chi connectivity index (χ2n) is 3.85. The minimum atomic E-state index is -0.0233. The van der Waals surface area contributed by atoms with Gasteiger partial charge in [0.25, 0.3) is 0 Å². The Morgan fingerprint density at radius 2 is 2.12 bits per heavy atom. The van der Waals surface area contributed by atoms with Crippen LogP contribution >= 0.6 is 11.3 Å². The van der Waals surface area contributed by atoms with Gasteiger partial charge in [0, 0.05) is 29.9 Å². The first-order valence-electron chi connectivity index (χ1n) is 5.40. The van der Waals surface area contributed by atoms with Gasteiger partial charge in [-0.3, -0.25) is 0 Å². The second kappa shape index (κ2) is 5.25. The fourth-order valence-corrected chi connectivity index (χ4v) is 2.33. The highest BCUT2D eigenvalue weighted by Gasteiger charge is 2.15. The molecule has 0 fully saturated rings. The number of nitrogens with zero attached hydrogens (tertiary/aromatic N) is 3. The zero-order valence-electron chi connectivity index (χ0n) is 9.87. The van der Waals surface area contributed by atoms with E-state index in [0.717, 1.165) is 5.56 Å². The molecular weight excluding hydrogens is 234 g/mol. The largest absolute Gasteiger partial charge is 0.392 e. The van der Waals surface area contributed by atoms with Gasteiger partial charge in [0.2, 0.25) is 5.95 Å². The Morgan fingerprint density at radius 3 is 2.65 bits per heavy atom. The molecule has 4 nitrogen and oxygen atoms in total. The van der Waals surface area contributed by atoms with Crippen LogP contribution in [0, 0.1) is 0 Å². The molecule has 0 aliphatic carbocycles. The van der Waals surface area contributed by atoms with Gasteiger partial charge in [-0.2, -0.15) is 0 Å². The van der Waals surface area contributed by atoms with Crippen molar-refractivity contribution in [2.24, 2.45) is 0 Å². The molecule has 90 valence electrons. The molecule has 2 aromatic heterocycles. The predicted molar refractivity (Wildman–Crippen MR) is 69.1 cm³/mol. The minimum absolute atomic E-state index is 0.0233. The molecule has 0 bridgehead atoms. The summed E-state index contributed by atoms with van der Waals surface area (Å²) in [5, 5.41) is 11.0. The molecule has 0 saturated carbocycles. The summed E-state index contributed by atoms with van der Waals surface area (Å²) in [6, 6.07) is 4.39. The molecule has 0 spiro atoms. The first kappa shape index (κ1) is 12.0. The average molecular weight is 249 g/mol. The van der Waals surface area contributed by atoms with E-state index in [-0.39, 0.29) is 12.6 Å². The maximum atomic E-state index is 8.93. The lowest BCUT2D eigenvalue weighted by molar-refractivity contribution is 0.281. The normalized spacial score (nSPS) is 12.4. The number of anilines is 1. The van der Waals surface area contributed by atoms with E-state index in [0.29, 0.717) is 5.95 Å². The summed E-state index contributed by atoms with van der Waals surface area (Å²) in [5.74, 6) is 0.670. The van der Waals surface area contributed by atoms with Crippen molar-refractivity contribution in [3.63, 3.8) is 0 Å². The van der Waals surface area contributed by atoms with E-state index in [1.165, 1.54) is 4.88 Å². The fourth-order valence-electron chi connectivity index (χ4n) is 1.50. The lowest BCUT2D eigenvalue weighted by atomic mass is 10.2. The van der Waals surface area contributed by atoms with Crippen LogP contribution in [-0.4, -0.2) is 22.1 Å². The van der Waals surface area contributed by atoms with Gasteiger partial charge in [-0.1, -0.05) is 6.07 Å². The van der Waals surface area contributed by atoms with E-state index in [1.807, 2.05) is 18.0 Å². The van der Waals surface area contributed by atoms with Gasteiger partial charge in [-0.05, 0) is 18.4 Å². The van der Waals surface area contributed by atoms with Gasteiger partial charge in [0.05, 0.1) is 12.6 Å². The third-order valence-corrected chi connectivity index (χ3v) is 3.77. The van der Waals surface area contributed by atoms with Gasteiger partial charge in [-0.15, -0.1) is 11.3 Å². The highest BCUT2D eigenvalue weighted by Crippen LogP contribution is 2.25. The third-order valence-electron chi connectivity index (χ3n) is 2.73. The molecule has 0 aromatic carbocycles. The van der Waals surface area contributed by atoms with Gasteiger partial charge < -0.3 is 10.0 Å². The summed E-state index contributed by atoms with van der Waals surface area (Å²) in [4.78, 5) is 11.8. The smallest absolute Gasteiger partial charge is 0.225 e. The van der Waals surface area contributed by atoms with Crippen LogP contribution in [0.4, 0.5) is 5.95 Å². The summed E-state index contributed by atoms with van der Waals surface area (Å²) >= 11 is 1.72. The Balaban J connectivity index is 2.16. The molecule has 1 atom stereocenters. The average Bonchev–Trinajstić information content (AvgIpc) is 2.91. The van der Waals surface area contributed by atoms with Gasteiger partial charge >= 0.3 is 0 Å². The van der Waals surface area contributed by atoms with E-state index in [4.69, 9.17) is 5.11 Å². The number of rotatable bonds is 4. The van der Waals surface area contributed by atoms with Crippen molar-refractivity contribution in [1.82, 2.24) is 9.97 Å². The molecule has 0 aliphatic rings. The molecule has 0 saturated heterocycles. The number of thiophene rings is 1. The molecule has 2 heterocycles. The van der Waals surface area contributed by atoms with Crippen LogP contribution in [0.2, 0.25) is 0 Å². The van der Waals surface area contributed by atoms with Crippen molar-refractivity contribution < 1.29 is 5.11 Å². The SMILES string of the molecule is CC(c1cccs1)N(C)c1ncc(CO)cn1. The molecule has 5 heteroatoms. The summed E-state index contributed by atoms with van der Waals surface area (Å²) in [7, 11) is 1.97. The highest BCUT2D eigenvalue weighted by atomic mass is 32.1. The summed E-state index contributed by atoms with van der Waals surface area (Å²) in [6.07, 6.45) is 3.31. The molecule has 0 amide bonds. The number of hydrogen-bond donors (Lipinski definition) is 1. The van der Waals surface area contributed by atoms with Crippen molar-refractivity contribution >= 4 is 17.3 Å². The highest BCUT2D eigenvalue weighted by molar-refractivity contribution is 7.10. The molecule has 0 aliphatic heterocycles. The molecule has 2 aromatic rings. The van der Waals surface area contributed by atoms with Crippen LogP contribution in [0.3, 0.4) is 0 Å². The van der Waals surface area contributed by atoms with Crippen molar-refractivity contribution in [3.05, 3.63) is 40.3 Å². The maximum absolute atomic E-state index is 8.93. The molecular formula is C12H15N3OS. The van der Waals surface area contributed by atoms with E-state index >= 15 is 0 Å². The molecule has 1 unspecified atom stereocenters. The minimum Gasteiger partial charge on any atom is -0.392 e. The number of aliphatic hydroxyl groups excluding tert-OH is 1. The lowest BCUT2D eigenvalue weighted by Crippen LogP contribution is -2.23. The quantitative estimate of drug-likeness (QED) is 0.902. The van der Waals surface area contributed by atoms with E-state index in [1.54, 1.807) is 23.7 Å². The number of aromatic nitrogens is 2. The molecule has 2 rings (SSSR count). The molecule has 1 N–H and O–H groups in total. The van der Waals surface area contributed by atoms with Gasteiger partial charge in [-0.25, -0.2) is 9.97 Å². The van der Waals surface area contributed by atoms with Crippen LogP contribution in [0.15, 0.2) is 29.9 Å². The van der Waals surface area contributed by atoms with Crippen LogP contribution in [0.1, 0.15) is 23.4 Å². The lowest BCUT2D eigenvalue weighted by Gasteiger charge is -2.23. The van der Waals surface area contributed by atoms with Crippen molar-refractivity contribution in [3.8, 4) is 0 Å². The zero-order valence-corrected chi connectivity index (χ0v) is 10.7. The van der Waals surface area contributed by atoms with Crippen LogP contribution in [0.5, 0.6) is 0 Å². The van der Waals surface area contributed by atoms with Gasteiger partial charge in [0.1, 0.15) is 0 Å². The zero-order chi connectivity index (χ0) is 12.3. The summed E-state index contributed by atoms with van der Waals surface area (Å²) < 4.78 is 0. The molecule has 0 radical (unpaired) electrons.